The van der Waals surface area contributed by atoms with Crippen LogP contribution in [0.25, 0.3) is 0 Å². The first-order valence-electron chi connectivity index (χ1n) is 8.29. The molecule has 2 aromatic rings. The molecule has 0 aliphatic heterocycles. The Balaban J connectivity index is 1.55. The van der Waals surface area contributed by atoms with Gasteiger partial charge in [0.25, 0.3) is 5.91 Å². The van der Waals surface area contributed by atoms with E-state index in [0.29, 0.717) is 23.0 Å². The van der Waals surface area contributed by atoms with Crippen LogP contribution in [0.2, 0.25) is 0 Å². The first-order chi connectivity index (χ1) is 12.6. The van der Waals surface area contributed by atoms with Crippen molar-refractivity contribution in [1.29, 1.82) is 0 Å². The molecule has 1 aliphatic carbocycles. The van der Waals surface area contributed by atoms with Crippen LogP contribution in [-0.4, -0.2) is 31.3 Å². The molecule has 3 rings (SSSR count). The van der Waals surface area contributed by atoms with Gasteiger partial charge in [0, 0.05) is 23.0 Å². The molecule has 26 heavy (non-hydrogen) atoms. The van der Waals surface area contributed by atoms with Crippen LogP contribution in [-0.2, 0) is 4.84 Å². The largest absolute Gasteiger partial charge is 0.399 e. The number of urea groups is 1. The van der Waals surface area contributed by atoms with Crippen molar-refractivity contribution in [2.75, 3.05) is 17.7 Å². The van der Waals surface area contributed by atoms with Crippen molar-refractivity contribution >= 4 is 29.5 Å². The summed E-state index contributed by atoms with van der Waals surface area (Å²) in [6.45, 7) is 0. The summed E-state index contributed by atoms with van der Waals surface area (Å²) < 4.78 is 0. The lowest BCUT2D eigenvalue weighted by molar-refractivity contribution is 0.102. The Bertz CT molecular complexity index is 797. The quantitative estimate of drug-likeness (QED) is 0.551. The van der Waals surface area contributed by atoms with Crippen LogP contribution < -0.4 is 16.0 Å². The van der Waals surface area contributed by atoms with Gasteiger partial charge in [0.05, 0.1) is 6.21 Å². The van der Waals surface area contributed by atoms with Gasteiger partial charge in [-0.05, 0) is 54.8 Å². The molecule has 0 bridgehead atoms. The first-order valence-corrected chi connectivity index (χ1v) is 8.29. The molecule has 0 aromatic heterocycles. The average molecular weight is 352 g/mol. The maximum absolute atomic E-state index is 12.3. The van der Waals surface area contributed by atoms with E-state index in [4.69, 9.17) is 0 Å². The van der Waals surface area contributed by atoms with Crippen molar-refractivity contribution in [2.24, 2.45) is 5.16 Å². The van der Waals surface area contributed by atoms with Crippen LogP contribution in [0, 0.1) is 0 Å². The molecule has 0 heterocycles. The van der Waals surface area contributed by atoms with E-state index in [9.17, 15) is 9.59 Å². The Labute approximate surface area is 151 Å². The molecule has 0 unspecified atom stereocenters. The summed E-state index contributed by atoms with van der Waals surface area (Å²) in [7, 11) is 1.47. The zero-order valence-corrected chi connectivity index (χ0v) is 14.4. The number of anilines is 2. The van der Waals surface area contributed by atoms with Gasteiger partial charge in [0.15, 0.2) is 0 Å². The molecule has 7 heteroatoms. The molecule has 2 aromatic carbocycles. The lowest BCUT2D eigenvalue weighted by atomic mass is 10.1. The van der Waals surface area contributed by atoms with E-state index in [1.807, 2.05) is 0 Å². The number of amides is 3. The van der Waals surface area contributed by atoms with Gasteiger partial charge in [0.2, 0.25) is 0 Å². The summed E-state index contributed by atoms with van der Waals surface area (Å²) in [6, 6.07) is 14.1. The summed E-state index contributed by atoms with van der Waals surface area (Å²) in [4.78, 5) is 28.6. The standard InChI is InChI=1S/C19H20N4O3/c1-26-20-12-13-2-4-14(5-3-13)18(24)21-15-6-8-16(9-7-15)22-19(25)23-17-10-11-17/h2-9,12,17H,10-11H2,1H3,(H,21,24)(H2,22,23,25)/b20-12+. The van der Waals surface area contributed by atoms with E-state index in [-0.39, 0.29) is 11.9 Å². The molecule has 3 N–H and O–H groups in total. The van der Waals surface area contributed by atoms with Crippen molar-refractivity contribution in [3.63, 3.8) is 0 Å². The Morgan fingerprint density at radius 3 is 2.19 bits per heavy atom. The minimum atomic E-state index is -0.215. The third-order valence-corrected chi connectivity index (χ3v) is 3.79. The smallest absolute Gasteiger partial charge is 0.319 e. The molecule has 3 amide bonds. The second-order valence-corrected chi connectivity index (χ2v) is 5.94. The van der Waals surface area contributed by atoms with Gasteiger partial charge in [-0.1, -0.05) is 17.3 Å². The fourth-order valence-corrected chi connectivity index (χ4v) is 2.25. The first kappa shape index (κ1) is 17.5. The molecule has 0 atom stereocenters. The molecule has 0 saturated heterocycles. The van der Waals surface area contributed by atoms with Gasteiger partial charge in [-0.25, -0.2) is 4.79 Å². The average Bonchev–Trinajstić information content (AvgIpc) is 3.46. The van der Waals surface area contributed by atoms with Gasteiger partial charge in [-0.3, -0.25) is 4.79 Å². The van der Waals surface area contributed by atoms with Crippen LogP contribution in [0.15, 0.2) is 53.7 Å². The number of nitrogens with zero attached hydrogens (tertiary/aromatic N) is 1. The Morgan fingerprint density at radius 1 is 1.00 bits per heavy atom. The zero-order valence-electron chi connectivity index (χ0n) is 14.4. The van der Waals surface area contributed by atoms with Crippen molar-refractivity contribution in [3.8, 4) is 0 Å². The van der Waals surface area contributed by atoms with Crippen LogP contribution in [0.5, 0.6) is 0 Å². The van der Waals surface area contributed by atoms with Gasteiger partial charge >= 0.3 is 6.03 Å². The second kappa shape index (κ2) is 8.15. The molecule has 0 spiro atoms. The molecule has 1 fully saturated rings. The Kier molecular flexibility index (Phi) is 5.48. The molecule has 1 aliphatic rings. The van der Waals surface area contributed by atoms with Crippen molar-refractivity contribution in [3.05, 3.63) is 59.7 Å². The molecule has 134 valence electrons. The fourth-order valence-electron chi connectivity index (χ4n) is 2.25. The number of nitrogens with one attached hydrogen (secondary N) is 3. The highest BCUT2D eigenvalue weighted by atomic mass is 16.6. The number of hydrogen-bond acceptors (Lipinski definition) is 4. The van der Waals surface area contributed by atoms with Crippen LogP contribution in [0.1, 0.15) is 28.8 Å². The SMILES string of the molecule is CO/N=C/c1ccc(C(=O)Nc2ccc(NC(=O)NC3CC3)cc2)cc1. The minimum absolute atomic E-state index is 0.207. The van der Waals surface area contributed by atoms with Crippen LogP contribution >= 0.6 is 0 Å². The molecule has 1 saturated carbocycles. The summed E-state index contributed by atoms with van der Waals surface area (Å²) in [5.74, 6) is -0.215. The predicted molar refractivity (Wildman–Crippen MR) is 101 cm³/mol. The van der Waals surface area contributed by atoms with Crippen molar-refractivity contribution < 1.29 is 14.4 Å². The Hall–Kier alpha value is -3.35. The molecule has 7 nitrogen and oxygen atoms in total. The second-order valence-electron chi connectivity index (χ2n) is 5.94. The Morgan fingerprint density at radius 2 is 1.62 bits per heavy atom. The number of rotatable bonds is 6. The summed E-state index contributed by atoms with van der Waals surface area (Å²) in [5, 5.41) is 12.1. The van der Waals surface area contributed by atoms with Crippen molar-refractivity contribution in [2.45, 2.75) is 18.9 Å². The topological polar surface area (TPSA) is 91.8 Å². The predicted octanol–water partition coefficient (Wildman–Crippen LogP) is 3.20. The monoisotopic (exact) mass is 352 g/mol. The van der Waals surface area contributed by atoms with E-state index in [2.05, 4.69) is 25.9 Å². The third-order valence-electron chi connectivity index (χ3n) is 3.79. The molecular weight excluding hydrogens is 332 g/mol. The number of oxime groups is 1. The highest BCUT2D eigenvalue weighted by molar-refractivity contribution is 6.04. The highest BCUT2D eigenvalue weighted by Crippen LogP contribution is 2.19. The van der Waals surface area contributed by atoms with Crippen LogP contribution in [0.3, 0.4) is 0 Å². The number of benzene rings is 2. The minimum Gasteiger partial charge on any atom is -0.399 e. The number of hydrogen-bond donors (Lipinski definition) is 3. The lowest BCUT2D eigenvalue weighted by Gasteiger charge is -2.09. The van der Waals surface area contributed by atoms with E-state index in [1.165, 1.54) is 7.11 Å². The number of carbonyl (C=O) groups excluding carboxylic acids is 2. The van der Waals surface area contributed by atoms with E-state index < -0.39 is 0 Å². The van der Waals surface area contributed by atoms with Gasteiger partial charge in [-0.2, -0.15) is 0 Å². The number of carbonyl (C=O) groups is 2. The maximum atomic E-state index is 12.3. The maximum Gasteiger partial charge on any atom is 0.319 e. The van der Waals surface area contributed by atoms with Gasteiger partial charge < -0.3 is 20.8 Å². The van der Waals surface area contributed by atoms with Gasteiger partial charge in [-0.15, -0.1) is 0 Å². The molecular formula is C19H20N4O3. The summed E-state index contributed by atoms with van der Waals surface area (Å²) >= 11 is 0. The van der Waals surface area contributed by atoms with Crippen LogP contribution in [0.4, 0.5) is 16.2 Å². The normalized spacial score (nSPS) is 13.3. The van der Waals surface area contributed by atoms with Crippen molar-refractivity contribution in [1.82, 2.24) is 5.32 Å². The summed E-state index contributed by atoms with van der Waals surface area (Å²) in [5.41, 5.74) is 2.69. The lowest BCUT2D eigenvalue weighted by Crippen LogP contribution is -2.30. The van der Waals surface area contributed by atoms with E-state index in [0.717, 1.165) is 18.4 Å². The molecule has 0 radical (unpaired) electrons. The van der Waals surface area contributed by atoms with E-state index >= 15 is 0 Å². The third kappa shape index (κ3) is 5.07. The summed E-state index contributed by atoms with van der Waals surface area (Å²) in [6.07, 6.45) is 3.64. The zero-order chi connectivity index (χ0) is 18.4. The van der Waals surface area contributed by atoms with Gasteiger partial charge in [0.1, 0.15) is 7.11 Å². The highest BCUT2D eigenvalue weighted by Gasteiger charge is 2.23. The fraction of sp³-hybridized carbons (Fsp3) is 0.211. The van der Waals surface area contributed by atoms with E-state index in [1.54, 1.807) is 54.7 Å².